The predicted molar refractivity (Wildman–Crippen MR) is 67.2 cm³/mol. The number of hydrogen-bond donors (Lipinski definition) is 3. The fourth-order valence-corrected chi connectivity index (χ4v) is 1.70. The zero-order chi connectivity index (χ0) is 13.9. The molecule has 18 heavy (non-hydrogen) atoms. The van der Waals surface area contributed by atoms with Crippen molar-refractivity contribution in [2.75, 3.05) is 0 Å². The molecule has 1 unspecified atom stereocenters. The van der Waals surface area contributed by atoms with Crippen molar-refractivity contribution in [3.8, 4) is 5.75 Å². The molecule has 0 heterocycles. The van der Waals surface area contributed by atoms with Crippen LogP contribution in [0.15, 0.2) is 18.2 Å². The molecule has 6 nitrogen and oxygen atoms in total. The van der Waals surface area contributed by atoms with Crippen molar-refractivity contribution in [3.05, 3.63) is 33.9 Å². The van der Waals surface area contributed by atoms with Gasteiger partial charge in [0.25, 0.3) is 5.69 Å². The second kappa shape index (κ2) is 5.79. The first kappa shape index (κ1) is 14.4. The summed E-state index contributed by atoms with van der Waals surface area (Å²) in [5, 5.41) is 30.3. The Morgan fingerprint density at radius 3 is 2.61 bits per heavy atom. The third-order valence-corrected chi connectivity index (χ3v) is 3.18. The van der Waals surface area contributed by atoms with Crippen molar-refractivity contribution in [1.82, 2.24) is 0 Å². The predicted octanol–water partition coefficient (Wildman–Crippen LogP) is 1.71. The van der Waals surface area contributed by atoms with Crippen LogP contribution in [0, 0.1) is 16.0 Å². The van der Waals surface area contributed by atoms with Gasteiger partial charge in [-0.1, -0.05) is 20.3 Å². The Morgan fingerprint density at radius 1 is 1.50 bits per heavy atom. The van der Waals surface area contributed by atoms with Crippen molar-refractivity contribution in [2.24, 2.45) is 11.7 Å². The largest absolute Gasteiger partial charge is 0.508 e. The molecule has 0 saturated carbocycles. The van der Waals surface area contributed by atoms with E-state index < -0.39 is 17.1 Å². The number of phenolic OH excluding ortho intramolecular Hbond substituents is 1. The summed E-state index contributed by atoms with van der Waals surface area (Å²) in [6.07, 6.45) is -0.132. The van der Waals surface area contributed by atoms with Gasteiger partial charge in [-0.05, 0) is 12.0 Å². The van der Waals surface area contributed by atoms with Gasteiger partial charge in [0.2, 0.25) is 0 Å². The number of nitrogens with zero attached hydrogens (tertiary/aromatic N) is 1. The molecule has 1 aromatic carbocycles. The first-order chi connectivity index (χ1) is 8.38. The Morgan fingerprint density at radius 2 is 2.11 bits per heavy atom. The van der Waals surface area contributed by atoms with Gasteiger partial charge in [-0.25, -0.2) is 0 Å². The van der Waals surface area contributed by atoms with Gasteiger partial charge < -0.3 is 15.9 Å². The van der Waals surface area contributed by atoms with Gasteiger partial charge >= 0.3 is 0 Å². The van der Waals surface area contributed by atoms with E-state index in [1.165, 1.54) is 18.2 Å². The summed E-state index contributed by atoms with van der Waals surface area (Å²) in [7, 11) is 0. The summed E-state index contributed by atoms with van der Waals surface area (Å²) in [6.45, 7) is 3.74. The fourth-order valence-electron chi connectivity index (χ4n) is 1.70. The van der Waals surface area contributed by atoms with Crippen molar-refractivity contribution < 1.29 is 15.1 Å². The molecule has 0 fully saturated rings. The van der Waals surface area contributed by atoms with Crippen LogP contribution in [-0.4, -0.2) is 21.2 Å². The molecule has 0 aliphatic heterocycles. The molecule has 0 bridgehead atoms. The van der Waals surface area contributed by atoms with Crippen LogP contribution in [0.5, 0.6) is 5.75 Å². The van der Waals surface area contributed by atoms with Crippen LogP contribution < -0.4 is 5.73 Å². The van der Waals surface area contributed by atoms with Gasteiger partial charge in [0.15, 0.2) is 0 Å². The van der Waals surface area contributed by atoms with Crippen LogP contribution in [0.25, 0.3) is 0 Å². The maximum Gasteiger partial charge on any atom is 0.270 e. The zero-order valence-electron chi connectivity index (χ0n) is 10.4. The molecule has 0 aliphatic carbocycles. The van der Waals surface area contributed by atoms with Crippen molar-refractivity contribution in [3.63, 3.8) is 0 Å². The lowest BCUT2D eigenvalue weighted by Gasteiger charge is -2.24. The normalized spacial score (nSPS) is 16.0. The SMILES string of the molecule is CCC(C)[C@H](O)[C@H](N)c1cc([N+](=O)[O-])ccc1O. The average molecular weight is 254 g/mol. The Bertz CT molecular complexity index is 436. The van der Waals surface area contributed by atoms with Crippen LogP contribution in [0.3, 0.4) is 0 Å². The first-order valence-electron chi connectivity index (χ1n) is 5.79. The van der Waals surface area contributed by atoms with Crippen LogP contribution in [0.4, 0.5) is 5.69 Å². The summed E-state index contributed by atoms with van der Waals surface area (Å²) in [6, 6.07) is 2.77. The minimum absolute atomic E-state index is 0.0568. The maximum absolute atomic E-state index is 10.7. The highest BCUT2D eigenvalue weighted by molar-refractivity contribution is 5.44. The lowest BCUT2D eigenvalue weighted by Crippen LogP contribution is -2.31. The maximum atomic E-state index is 10.7. The Kier molecular flexibility index (Phi) is 4.63. The van der Waals surface area contributed by atoms with Crippen molar-refractivity contribution in [1.29, 1.82) is 0 Å². The lowest BCUT2D eigenvalue weighted by atomic mass is 9.91. The molecule has 6 heteroatoms. The number of non-ortho nitro benzene ring substituents is 1. The second-order valence-electron chi connectivity index (χ2n) is 4.40. The highest BCUT2D eigenvalue weighted by Crippen LogP contribution is 2.31. The number of hydrogen-bond acceptors (Lipinski definition) is 5. The summed E-state index contributed by atoms with van der Waals surface area (Å²) in [5.74, 6) is -0.200. The molecule has 4 N–H and O–H groups in total. The smallest absolute Gasteiger partial charge is 0.270 e. The highest BCUT2D eigenvalue weighted by Gasteiger charge is 2.25. The van der Waals surface area contributed by atoms with Crippen LogP contribution >= 0.6 is 0 Å². The molecule has 0 aliphatic rings. The third kappa shape index (κ3) is 2.96. The topological polar surface area (TPSA) is 110 Å². The van der Waals surface area contributed by atoms with Crippen LogP contribution in [-0.2, 0) is 0 Å². The summed E-state index contributed by atoms with van der Waals surface area (Å²) in [5.41, 5.74) is 5.89. The molecule has 1 rings (SSSR count). The zero-order valence-corrected chi connectivity index (χ0v) is 10.4. The number of nitro groups is 1. The molecular weight excluding hydrogens is 236 g/mol. The molecule has 1 aromatic rings. The Hall–Kier alpha value is -1.66. The van der Waals surface area contributed by atoms with E-state index in [-0.39, 0.29) is 22.9 Å². The van der Waals surface area contributed by atoms with Gasteiger partial charge in [0.1, 0.15) is 5.75 Å². The molecule has 0 radical (unpaired) electrons. The Labute approximate surface area is 105 Å². The van der Waals surface area contributed by atoms with Gasteiger partial charge in [-0.2, -0.15) is 0 Å². The summed E-state index contributed by atoms with van der Waals surface area (Å²) < 4.78 is 0. The average Bonchev–Trinajstić information content (AvgIpc) is 2.36. The van der Waals surface area contributed by atoms with Crippen LogP contribution in [0.1, 0.15) is 31.9 Å². The number of aliphatic hydroxyl groups excluding tert-OH is 1. The molecule has 100 valence electrons. The quantitative estimate of drug-likeness (QED) is 0.547. The molecule has 0 saturated heterocycles. The van der Waals surface area contributed by atoms with Crippen molar-refractivity contribution in [2.45, 2.75) is 32.4 Å². The van der Waals surface area contributed by atoms with E-state index in [0.29, 0.717) is 0 Å². The minimum Gasteiger partial charge on any atom is -0.508 e. The number of nitro benzene ring substituents is 1. The van der Waals surface area contributed by atoms with Crippen molar-refractivity contribution >= 4 is 5.69 Å². The molecular formula is C12H18N2O4. The third-order valence-electron chi connectivity index (χ3n) is 3.18. The molecule has 0 amide bonds. The number of aromatic hydroxyl groups is 1. The van der Waals surface area contributed by atoms with Crippen LogP contribution in [0.2, 0.25) is 0 Å². The molecule has 0 aromatic heterocycles. The standard InChI is InChI=1S/C12H18N2O4/c1-3-7(2)12(16)11(13)9-6-8(14(17)18)4-5-10(9)15/h4-7,11-12,15-16H,3,13H2,1-2H3/t7?,11-,12+/m1/s1. The molecule has 3 atom stereocenters. The number of nitrogens with two attached hydrogens (primary N) is 1. The first-order valence-corrected chi connectivity index (χ1v) is 5.79. The monoisotopic (exact) mass is 254 g/mol. The second-order valence-corrected chi connectivity index (χ2v) is 4.40. The lowest BCUT2D eigenvalue weighted by molar-refractivity contribution is -0.385. The van der Waals surface area contributed by atoms with Gasteiger partial charge in [0, 0.05) is 17.7 Å². The Balaban J connectivity index is 3.07. The minimum atomic E-state index is -0.858. The van der Waals surface area contributed by atoms with Gasteiger partial charge in [-0.15, -0.1) is 0 Å². The summed E-state index contributed by atoms with van der Waals surface area (Å²) >= 11 is 0. The summed E-state index contributed by atoms with van der Waals surface area (Å²) in [4.78, 5) is 10.1. The number of rotatable bonds is 5. The van der Waals surface area contributed by atoms with E-state index in [0.717, 1.165) is 6.42 Å². The van der Waals surface area contributed by atoms with Gasteiger partial charge in [-0.3, -0.25) is 10.1 Å². The van der Waals surface area contributed by atoms with E-state index >= 15 is 0 Å². The van der Waals surface area contributed by atoms with Gasteiger partial charge in [0.05, 0.1) is 17.1 Å². The fraction of sp³-hybridized carbons (Fsp3) is 0.500. The number of phenols is 1. The van der Waals surface area contributed by atoms with E-state index in [9.17, 15) is 20.3 Å². The molecule has 0 spiro atoms. The van der Waals surface area contributed by atoms with E-state index in [1.807, 2.05) is 13.8 Å². The number of benzene rings is 1. The number of aliphatic hydroxyl groups is 1. The van der Waals surface area contributed by atoms with E-state index in [4.69, 9.17) is 5.73 Å². The van der Waals surface area contributed by atoms with E-state index in [1.54, 1.807) is 0 Å². The van der Waals surface area contributed by atoms with E-state index in [2.05, 4.69) is 0 Å². The highest BCUT2D eigenvalue weighted by atomic mass is 16.6.